The molecule has 150 valence electrons. The van der Waals surface area contributed by atoms with Crippen LogP contribution in [0.3, 0.4) is 0 Å². The van der Waals surface area contributed by atoms with Crippen molar-refractivity contribution in [2.45, 2.75) is 26.8 Å². The van der Waals surface area contributed by atoms with Crippen LogP contribution in [0.1, 0.15) is 23.6 Å². The average molecular weight is 382 g/mol. The van der Waals surface area contributed by atoms with Crippen LogP contribution in [-0.2, 0) is 17.8 Å². The summed E-state index contributed by atoms with van der Waals surface area (Å²) in [4.78, 5) is 17.2. The molecule has 0 atom stereocenters. The van der Waals surface area contributed by atoms with Crippen molar-refractivity contribution in [3.05, 3.63) is 59.2 Å². The van der Waals surface area contributed by atoms with E-state index in [1.54, 1.807) is 7.11 Å². The first-order valence-electron chi connectivity index (χ1n) is 10.0. The zero-order valence-corrected chi connectivity index (χ0v) is 17.2. The summed E-state index contributed by atoms with van der Waals surface area (Å²) in [5, 5.41) is 3.13. The minimum absolute atomic E-state index is 0.0765. The molecule has 28 heavy (non-hydrogen) atoms. The number of anilines is 1. The van der Waals surface area contributed by atoms with Crippen LogP contribution in [0.2, 0.25) is 0 Å². The second kappa shape index (κ2) is 9.71. The zero-order chi connectivity index (χ0) is 19.9. The van der Waals surface area contributed by atoms with Gasteiger partial charge in [0.15, 0.2) is 0 Å². The number of ether oxygens (including phenoxy) is 1. The predicted octanol–water partition coefficient (Wildman–Crippen LogP) is 3.32. The van der Waals surface area contributed by atoms with Crippen LogP contribution in [0.25, 0.3) is 0 Å². The Morgan fingerprint density at radius 2 is 1.71 bits per heavy atom. The van der Waals surface area contributed by atoms with Crippen LogP contribution < -0.4 is 10.1 Å². The molecule has 3 rings (SSSR count). The normalized spacial score (nSPS) is 15.4. The van der Waals surface area contributed by atoms with Gasteiger partial charge in [0.2, 0.25) is 5.91 Å². The number of hydrogen-bond donors (Lipinski definition) is 1. The Kier molecular flexibility index (Phi) is 7.06. The molecule has 2 aromatic carbocycles. The van der Waals surface area contributed by atoms with E-state index in [9.17, 15) is 4.79 Å². The van der Waals surface area contributed by atoms with Gasteiger partial charge in [-0.2, -0.15) is 0 Å². The summed E-state index contributed by atoms with van der Waals surface area (Å²) in [5.74, 6) is 0.965. The van der Waals surface area contributed by atoms with Gasteiger partial charge in [-0.3, -0.25) is 14.6 Å². The molecular weight excluding hydrogens is 350 g/mol. The summed E-state index contributed by atoms with van der Waals surface area (Å²) in [6, 6.07) is 14.4. The number of nitrogens with zero attached hydrogens (tertiary/aromatic N) is 2. The van der Waals surface area contributed by atoms with Gasteiger partial charge in [-0.1, -0.05) is 37.3 Å². The molecule has 1 aliphatic heterocycles. The highest BCUT2D eigenvalue weighted by molar-refractivity contribution is 5.93. The number of nitrogens with one attached hydrogen (secondary N) is 1. The van der Waals surface area contributed by atoms with Gasteiger partial charge in [0.05, 0.1) is 13.7 Å². The molecule has 0 aromatic heterocycles. The lowest BCUT2D eigenvalue weighted by molar-refractivity contribution is -0.117. The van der Waals surface area contributed by atoms with E-state index in [4.69, 9.17) is 4.74 Å². The van der Waals surface area contributed by atoms with E-state index in [0.29, 0.717) is 6.54 Å². The predicted molar refractivity (Wildman–Crippen MR) is 114 cm³/mol. The minimum Gasteiger partial charge on any atom is -0.497 e. The second-order valence-corrected chi connectivity index (χ2v) is 7.41. The fourth-order valence-corrected chi connectivity index (χ4v) is 3.68. The molecule has 1 fully saturated rings. The quantitative estimate of drug-likeness (QED) is 0.799. The summed E-state index contributed by atoms with van der Waals surface area (Å²) in [7, 11) is 1.69. The number of aryl methyl sites for hydroxylation is 2. The Hall–Kier alpha value is -2.37. The minimum atomic E-state index is 0.0765. The number of carbonyl (C=O) groups is 1. The van der Waals surface area contributed by atoms with E-state index in [2.05, 4.69) is 40.2 Å². The van der Waals surface area contributed by atoms with Crippen LogP contribution in [0.4, 0.5) is 5.69 Å². The summed E-state index contributed by atoms with van der Waals surface area (Å²) in [6.45, 7) is 9.34. The van der Waals surface area contributed by atoms with Crippen molar-refractivity contribution < 1.29 is 9.53 Å². The Labute approximate surface area is 168 Å². The molecule has 0 radical (unpaired) electrons. The number of rotatable bonds is 7. The van der Waals surface area contributed by atoms with Crippen LogP contribution in [0.15, 0.2) is 42.5 Å². The van der Waals surface area contributed by atoms with Crippen molar-refractivity contribution in [3.63, 3.8) is 0 Å². The van der Waals surface area contributed by atoms with Gasteiger partial charge in [-0.15, -0.1) is 0 Å². The molecule has 0 unspecified atom stereocenters. The third-order valence-corrected chi connectivity index (χ3v) is 5.40. The van der Waals surface area contributed by atoms with E-state index in [1.165, 1.54) is 11.1 Å². The standard InChI is InChI=1S/C23H31N3O2/c1-4-20-7-5-6-18(2)23(20)24-22(27)17-26-14-12-25(13-15-26)16-19-8-10-21(28-3)11-9-19/h5-11H,4,12-17H2,1-3H3,(H,24,27). The van der Waals surface area contributed by atoms with E-state index < -0.39 is 0 Å². The molecule has 0 saturated carbocycles. The van der Waals surface area contributed by atoms with Crippen LogP contribution in [-0.4, -0.2) is 55.5 Å². The summed E-state index contributed by atoms with van der Waals surface area (Å²) in [5.41, 5.74) is 4.58. The van der Waals surface area contributed by atoms with E-state index in [-0.39, 0.29) is 5.91 Å². The van der Waals surface area contributed by atoms with Crippen LogP contribution in [0, 0.1) is 6.92 Å². The van der Waals surface area contributed by atoms with Crippen LogP contribution >= 0.6 is 0 Å². The second-order valence-electron chi connectivity index (χ2n) is 7.41. The molecule has 1 saturated heterocycles. The first-order chi connectivity index (χ1) is 13.6. The Morgan fingerprint density at radius 3 is 2.36 bits per heavy atom. The molecule has 1 heterocycles. The lowest BCUT2D eigenvalue weighted by atomic mass is 10.1. The molecule has 2 aromatic rings. The maximum absolute atomic E-state index is 12.6. The SMILES string of the molecule is CCc1cccc(C)c1NC(=O)CN1CCN(Cc2ccc(OC)cc2)CC1. The maximum atomic E-state index is 12.6. The van der Waals surface area contributed by atoms with Gasteiger partial charge in [0.1, 0.15) is 5.75 Å². The van der Waals surface area contributed by atoms with Gasteiger partial charge in [-0.05, 0) is 42.2 Å². The fourth-order valence-electron chi connectivity index (χ4n) is 3.68. The van der Waals surface area contributed by atoms with Crippen molar-refractivity contribution in [1.29, 1.82) is 0 Å². The lowest BCUT2D eigenvalue weighted by Crippen LogP contribution is -2.48. The highest BCUT2D eigenvalue weighted by atomic mass is 16.5. The molecule has 5 heteroatoms. The molecule has 0 bridgehead atoms. The number of methoxy groups -OCH3 is 1. The molecule has 1 N–H and O–H groups in total. The third kappa shape index (κ3) is 5.33. The number of hydrogen-bond acceptors (Lipinski definition) is 4. The molecule has 0 aliphatic carbocycles. The Morgan fingerprint density at radius 1 is 1.04 bits per heavy atom. The Bertz CT molecular complexity index is 781. The van der Waals surface area contributed by atoms with Gasteiger partial charge >= 0.3 is 0 Å². The smallest absolute Gasteiger partial charge is 0.238 e. The van der Waals surface area contributed by atoms with Gasteiger partial charge < -0.3 is 10.1 Å². The van der Waals surface area contributed by atoms with Crippen molar-refractivity contribution in [3.8, 4) is 5.75 Å². The zero-order valence-electron chi connectivity index (χ0n) is 17.2. The molecule has 1 amide bonds. The first kappa shape index (κ1) is 20.4. The Balaban J connectivity index is 1.47. The highest BCUT2D eigenvalue weighted by Gasteiger charge is 2.19. The number of carbonyl (C=O) groups excluding carboxylic acids is 1. The monoisotopic (exact) mass is 381 g/mol. The highest BCUT2D eigenvalue weighted by Crippen LogP contribution is 2.21. The lowest BCUT2D eigenvalue weighted by Gasteiger charge is -2.34. The van der Waals surface area contributed by atoms with Gasteiger partial charge in [-0.25, -0.2) is 0 Å². The fraction of sp³-hybridized carbons (Fsp3) is 0.435. The van der Waals surface area contributed by atoms with Crippen LogP contribution in [0.5, 0.6) is 5.75 Å². The molecular formula is C23H31N3O2. The number of amides is 1. The van der Waals surface area contributed by atoms with Crippen molar-refractivity contribution >= 4 is 11.6 Å². The average Bonchev–Trinajstić information content (AvgIpc) is 2.71. The van der Waals surface area contributed by atoms with E-state index in [0.717, 1.165) is 56.1 Å². The molecule has 5 nitrogen and oxygen atoms in total. The topological polar surface area (TPSA) is 44.8 Å². The number of para-hydroxylation sites is 1. The van der Waals surface area contributed by atoms with Crippen molar-refractivity contribution in [1.82, 2.24) is 9.80 Å². The number of benzene rings is 2. The van der Waals surface area contributed by atoms with E-state index >= 15 is 0 Å². The summed E-state index contributed by atoms with van der Waals surface area (Å²) >= 11 is 0. The van der Waals surface area contributed by atoms with E-state index in [1.807, 2.05) is 31.2 Å². The molecule has 1 aliphatic rings. The van der Waals surface area contributed by atoms with Gasteiger partial charge in [0, 0.05) is 38.4 Å². The number of piperazine rings is 1. The third-order valence-electron chi connectivity index (χ3n) is 5.40. The summed E-state index contributed by atoms with van der Waals surface area (Å²) in [6.07, 6.45) is 0.918. The van der Waals surface area contributed by atoms with Crippen molar-refractivity contribution in [2.24, 2.45) is 0 Å². The first-order valence-corrected chi connectivity index (χ1v) is 10.0. The molecule has 0 spiro atoms. The largest absolute Gasteiger partial charge is 0.497 e. The van der Waals surface area contributed by atoms with Crippen molar-refractivity contribution in [2.75, 3.05) is 45.2 Å². The maximum Gasteiger partial charge on any atom is 0.238 e. The van der Waals surface area contributed by atoms with Gasteiger partial charge in [0.25, 0.3) is 0 Å². The summed E-state index contributed by atoms with van der Waals surface area (Å²) < 4.78 is 5.22.